The molecule has 7 nitrogen and oxygen atoms in total. The highest BCUT2D eigenvalue weighted by Crippen LogP contribution is 2.41. The van der Waals surface area contributed by atoms with E-state index in [1.807, 2.05) is 26.0 Å². The average molecular weight is 419 g/mol. The molecule has 0 fully saturated rings. The summed E-state index contributed by atoms with van der Waals surface area (Å²) in [7, 11) is -0.770. The van der Waals surface area contributed by atoms with E-state index in [1.165, 1.54) is 19.2 Å². The van der Waals surface area contributed by atoms with Crippen LogP contribution in [0.15, 0.2) is 53.4 Å². The summed E-state index contributed by atoms with van der Waals surface area (Å²) in [6, 6.07) is 13.2. The van der Waals surface area contributed by atoms with Gasteiger partial charge in [-0.25, -0.2) is 8.42 Å². The smallest absolute Gasteiger partial charge is 0.243 e. The number of hydrogen-bond donors (Lipinski definition) is 1. The van der Waals surface area contributed by atoms with Crippen LogP contribution >= 0.6 is 0 Å². The van der Waals surface area contributed by atoms with Gasteiger partial charge in [0.25, 0.3) is 0 Å². The van der Waals surface area contributed by atoms with Crippen LogP contribution in [0.1, 0.15) is 31.9 Å². The summed E-state index contributed by atoms with van der Waals surface area (Å²) in [6.45, 7) is 3.62. The molecule has 8 heteroatoms. The van der Waals surface area contributed by atoms with Crippen LogP contribution < -0.4 is 14.8 Å². The second-order valence-corrected chi connectivity index (χ2v) is 9.71. The molecule has 2 aromatic rings. The summed E-state index contributed by atoms with van der Waals surface area (Å²) in [4.78, 5) is 12.8. The van der Waals surface area contributed by atoms with Gasteiger partial charge < -0.3 is 14.8 Å². The molecule has 3 rings (SSSR count). The van der Waals surface area contributed by atoms with Crippen LogP contribution in [0.2, 0.25) is 0 Å². The summed E-state index contributed by atoms with van der Waals surface area (Å²) < 4.78 is 37.7. The van der Waals surface area contributed by atoms with Crippen LogP contribution in [0.25, 0.3) is 0 Å². The maximum atomic E-state index is 12.7. The number of fused-ring (bicyclic) bond motifs is 1. The Balaban J connectivity index is 1.77. The molecule has 156 valence electrons. The van der Waals surface area contributed by atoms with Gasteiger partial charge in [0.05, 0.1) is 24.6 Å². The number of ether oxygens (including phenoxy) is 2. The van der Waals surface area contributed by atoms with Crippen LogP contribution in [-0.4, -0.2) is 44.9 Å². The van der Waals surface area contributed by atoms with Gasteiger partial charge >= 0.3 is 0 Å². The zero-order valence-corrected chi connectivity index (χ0v) is 17.8. The first kappa shape index (κ1) is 21.1. The fourth-order valence-corrected chi connectivity index (χ4v) is 4.54. The van der Waals surface area contributed by atoms with Crippen LogP contribution in [0, 0.1) is 0 Å². The lowest BCUT2D eigenvalue weighted by Gasteiger charge is -2.38. The third-order valence-corrected chi connectivity index (χ3v) is 6.64. The van der Waals surface area contributed by atoms with Crippen LogP contribution in [0.4, 0.5) is 0 Å². The Bertz CT molecular complexity index is 989. The lowest BCUT2D eigenvalue weighted by molar-refractivity contribution is -0.122. The van der Waals surface area contributed by atoms with E-state index in [4.69, 9.17) is 9.47 Å². The number of amides is 1. The minimum atomic E-state index is -3.74. The zero-order chi connectivity index (χ0) is 21.2. The van der Waals surface area contributed by atoms with Crippen molar-refractivity contribution in [2.24, 2.45) is 0 Å². The van der Waals surface area contributed by atoms with Crippen molar-refractivity contribution in [1.82, 2.24) is 9.62 Å². The number of benzene rings is 2. The summed E-state index contributed by atoms with van der Waals surface area (Å²) in [6.07, 6.45) is 0.550. The topological polar surface area (TPSA) is 84.9 Å². The van der Waals surface area contributed by atoms with E-state index in [-0.39, 0.29) is 23.4 Å². The number of rotatable bonds is 6. The maximum absolute atomic E-state index is 12.7. The number of nitrogens with zero attached hydrogens (tertiary/aromatic N) is 1. The molecule has 1 aliphatic heterocycles. The highest BCUT2D eigenvalue weighted by Gasteiger charge is 2.35. The van der Waals surface area contributed by atoms with E-state index in [0.29, 0.717) is 17.9 Å². The van der Waals surface area contributed by atoms with Crippen LogP contribution in [0.5, 0.6) is 11.5 Å². The molecule has 0 saturated carbocycles. The predicted molar refractivity (Wildman–Crippen MR) is 109 cm³/mol. The molecule has 1 N–H and O–H groups in total. The first-order chi connectivity index (χ1) is 13.6. The number of sulfonamides is 1. The molecule has 2 aromatic carbocycles. The summed E-state index contributed by atoms with van der Waals surface area (Å²) in [5, 5.41) is 2.96. The fourth-order valence-electron chi connectivity index (χ4n) is 3.39. The van der Waals surface area contributed by atoms with Crippen molar-refractivity contribution in [3.8, 4) is 11.5 Å². The summed E-state index contributed by atoms with van der Waals surface area (Å²) in [5.41, 5.74) is 0.340. The monoisotopic (exact) mass is 418 g/mol. The molecule has 0 aromatic heterocycles. The fraction of sp³-hybridized carbons (Fsp3) is 0.381. The van der Waals surface area contributed by atoms with E-state index in [9.17, 15) is 13.2 Å². The number of hydrogen-bond acceptors (Lipinski definition) is 5. The Morgan fingerprint density at radius 1 is 1.24 bits per heavy atom. The lowest BCUT2D eigenvalue weighted by Crippen LogP contribution is -2.44. The van der Waals surface area contributed by atoms with Gasteiger partial charge in [-0.2, -0.15) is 4.31 Å². The van der Waals surface area contributed by atoms with Gasteiger partial charge in [-0.1, -0.05) is 18.2 Å². The Kier molecular flexibility index (Phi) is 5.86. The van der Waals surface area contributed by atoms with Crippen molar-refractivity contribution < 1.29 is 22.7 Å². The minimum absolute atomic E-state index is 0.151. The Morgan fingerprint density at radius 2 is 1.93 bits per heavy atom. The molecule has 0 radical (unpaired) electrons. The van der Waals surface area contributed by atoms with Crippen LogP contribution in [-0.2, 0) is 14.8 Å². The van der Waals surface area contributed by atoms with Crippen molar-refractivity contribution in [2.45, 2.75) is 36.8 Å². The van der Waals surface area contributed by atoms with Crippen molar-refractivity contribution >= 4 is 15.9 Å². The Hall–Kier alpha value is -2.58. The average Bonchev–Trinajstić information content (AvgIpc) is 2.67. The summed E-state index contributed by atoms with van der Waals surface area (Å²) in [5.74, 6) is 0.955. The van der Waals surface area contributed by atoms with E-state index < -0.39 is 15.6 Å². The molecule has 1 aliphatic rings. The van der Waals surface area contributed by atoms with Crippen LogP contribution in [0.3, 0.4) is 0 Å². The van der Waals surface area contributed by atoms with E-state index >= 15 is 0 Å². The predicted octanol–water partition coefficient (Wildman–Crippen LogP) is 2.73. The number of likely N-dealkylation sites (N-methyl/N-ethyl adjacent to an activating group) is 1. The first-order valence-corrected chi connectivity index (χ1v) is 10.7. The minimum Gasteiger partial charge on any atom is -0.497 e. The third-order valence-electron chi connectivity index (χ3n) is 4.83. The summed E-state index contributed by atoms with van der Waals surface area (Å²) >= 11 is 0. The number of carbonyl (C=O) groups is 1. The highest BCUT2D eigenvalue weighted by molar-refractivity contribution is 7.89. The third kappa shape index (κ3) is 4.71. The molecule has 1 atom stereocenters. The standard InChI is InChI=1S/C21H26N2O5S/c1-21(2)13-18(17-12-15(27-4)10-11-19(17)28-21)22-20(24)14-23(3)29(25,26)16-8-6-5-7-9-16/h5-12,18H,13-14H2,1-4H3,(H,22,24). The molecule has 0 saturated heterocycles. The van der Waals surface area contributed by atoms with Gasteiger partial charge in [-0.05, 0) is 44.2 Å². The van der Waals surface area contributed by atoms with Gasteiger partial charge in [-0.15, -0.1) is 0 Å². The molecule has 1 heterocycles. The maximum Gasteiger partial charge on any atom is 0.243 e. The molecule has 0 aliphatic carbocycles. The van der Waals surface area contributed by atoms with Gasteiger partial charge in [0, 0.05) is 19.0 Å². The SMILES string of the molecule is COc1ccc2c(c1)C(NC(=O)CN(C)S(=O)(=O)c1ccccc1)CC(C)(C)O2. The van der Waals surface area contributed by atoms with E-state index in [0.717, 1.165) is 9.87 Å². The molecule has 1 unspecified atom stereocenters. The zero-order valence-electron chi connectivity index (χ0n) is 17.0. The number of nitrogens with one attached hydrogen (secondary N) is 1. The van der Waals surface area contributed by atoms with Crippen molar-refractivity contribution in [2.75, 3.05) is 20.7 Å². The van der Waals surface area contributed by atoms with Gasteiger partial charge in [0.1, 0.15) is 17.1 Å². The molecule has 29 heavy (non-hydrogen) atoms. The quantitative estimate of drug-likeness (QED) is 0.780. The Morgan fingerprint density at radius 3 is 2.59 bits per heavy atom. The van der Waals surface area contributed by atoms with Crippen molar-refractivity contribution in [1.29, 1.82) is 0 Å². The van der Waals surface area contributed by atoms with Gasteiger partial charge in [0.15, 0.2) is 0 Å². The second-order valence-electron chi connectivity index (χ2n) is 7.66. The van der Waals surface area contributed by atoms with Crippen molar-refractivity contribution in [3.05, 3.63) is 54.1 Å². The van der Waals surface area contributed by atoms with Gasteiger partial charge in [-0.3, -0.25) is 4.79 Å². The lowest BCUT2D eigenvalue weighted by atomic mass is 9.89. The number of carbonyl (C=O) groups excluding carboxylic acids is 1. The normalized spacial score (nSPS) is 17.9. The second kappa shape index (κ2) is 8.04. The highest BCUT2D eigenvalue weighted by atomic mass is 32.2. The Labute approximate surface area is 171 Å². The first-order valence-electron chi connectivity index (χ1n) is 9.30. The molecule has 0 bridgehead atoms. The van der Waals surface area contributed by atoms with E-state index in [2.05, 4.69) is 5.32 Å². The molecular weight excluding hydrogens is 392 g/mol. The molecule has 0 spiro atoms. The van der Waals surface area contributed by atoms with Crippen molar-refractivity contribution in [3.63, 3.8) is 0 Å². The largest absolute Gasteiger partial charge is 0.497 e. The number of methoxy groups -OCH3 is 1. The molecular formula is C21H26N2O5S. The van der Waals surface area contributed by atoms with E-state index in [1.54, 1.807) is 31.4 Å². The molecule has 1 amide bonds. The van der Waals surface area contributed by atoms with Gasteiger partial charge in [0.2, 0.25) is 15.9 Å².